The number of imide groups is 2. The van der Waals surface area contributed by atoms with Crippen LogP contribution >= 0.6 is 11.6 Å². The first kappa shape index (κ1) is 41.8. The lowest BCUT2D eigenvalue weighted by molar-refractivity contribution is -0.136. The topological polar surface area (TPSA) is 219 Å². The number of halogens is 1. The van der Waals surface area contributed by atoms with Crippen molar-refractivity contribution < 1.29 is 28.8 Å². The fourth-order valence-corrected chi connectivity index (χ4v) is 8.88. The highest BCUT2D eigenvalue weighted by molar-refractivity contribution is 6.30. The van der Waals surface area contributed by atoms with E-state index in [2.05, 4.69) is 40.7 Å². The van der Waals surface area contributed by atoms with Crippen LogP contribution in [0, 0.1) is 0 Å². The molecule has 6 N–H and O–H groups in total. The number of nitrogens with zero attached hydrogens (tertiary/aromatic N) is 6. The molecule has 0 radical (unpaired) electrons. The number of anilines is 2. The van der Waals surface area contributed by atoms with Gasteiger partial charge in [0.25, 0.3) is 11.8 Å². The van der Waals surface area contributed by atoms with Crippen molar-refractivity contribution in [2.24, 2.45) is 5.73 Å². The zero-order valence-electron chi connectivity index (χ0n) is 33.8. The maximum atomic E-state index is 13.9. The monoisotopic (exact) mass is 851 g/mol. The summed E-state index contributed by atoms with van der Waals surface area (Å²) in [6.45, 7) is 5.00. The molecule has 6 heterocycles. The summed E-state index contributed by atoms with van der Waals surface area (Å²) in [5.74, 6) is -1.45. The number of nitrogens with two attached hydrogens (primary N) is 1. The standard InChI is InChI=1S/C43H50ClN11O6/c44-28-9-7-27(8-10-28)31(50-42(61)43(45)15-20-54(21-16-43)38-30-13-18-47-37(30)48-26-49-38)14-19-52-22-24-53(25-23-52)35(57)6-1-2-17-46-32-5-3-4-29-36(32)41(60)55(40(29)59)33-11-12-34(56)51-39(33)58/h3-5,7-10,13,18,26,31,33,46H,1-2,6,11-12,14-17,19-25,45H2,(H,50,61)(H,47,48,49)(H,51,56,58)/t31-,33?/m0/s1. The van der Waals surface area contributed by atoms with Gasteiger partial charge in [0.05, 0.1) is 28.1 Å². The minimum Gasteiger partial charge on any atom is -0.384 e. The van der Waals surface area contributed by atoms with Gasteiger partial charge in [-0.3, -0.25) is 43.9 Å². The van der Waals surface area contributed by atoms with Gasteiger partial charge in [0.2, 0.25) is 23.6 Å². The normalized spacial score (nSPS) is 19.8. The number of piperidine rings is 2. The molecule has 3 saturated heterocycles. The number of benzene rings is 2. The minimum atomic E-state index is -1.03. The summed E-state index contributed by atoms with van der Waals surface area (Å²) in [5, 5.41) is 10.3. The highest BCUT2D eigenvalue weighted by Crippen LogP contribution is 2.33. The molecule has 2 aromatic carbocycles. The van der Waals surface area contributed by atoms with Crippen molar-refractivity contribution in [3.8, 4) is 0 Å². The molecule has 3 fully saturated rings. The first-order valence-corrected chi connectivity index (χ1v) is 21.3. The van der Waals surface area contributed by atoms with Crippen molar-refractivity contribution in [2.75, 3.05) is 62.6 Å². The van der Waals surface area contributed by atoms with Crippen LogP contribution in [0.4, 0.5) is 11.5 Å². The summed E-state index contributed by atoms with van der Waals surface area (Å²) in [5.41, 5.74) is 8.42. The molecule has 1 unspecified atom stereocenters. The van der Waals surface area contributed by atoms with Gasteiger partial charge in [-0.1, -0.05) is 29.8 Å². The van der Waals surface area contributed by atoms with Crippen LogP contribution in [0.3, 0.4) is 0 Å². The van der Waals surface area contributed by atoms with Crippen LogP contribution in [0.1, 0.15) is 83.7 Å². The van der Waals surface area contributed by atoms with Gasteiger partial charge < -0.3 is 31.2 Å². The summed E-state index contributed by atoms with van der Waals surface area (Å²) in [6, 6.07) is 13.1. The zero-order valence-corrected chi connectivity index (χ0v) is 34.6. The Morgan fingerprint density at radius 2 is 1.70 bits per heavy atom. The average Bonchev–Trinajstić information content (AvgIpc) is 3.85. The number of nitrogens with one attached hydrogen (secondary N) is 4. The molecule has 17 nitrogen and oxygen atoms in total. The number of hydrogen-bond acceptors (Lipinski definition) is 12. The van der Waals surface area contributed by atoms with Crippen LogP contribution in [-0.4, -0.2) is 129 Å². The number of aromatic nitrogens is 3. The summed E-state index contributed by atoms with van der Waals surface area (Å²) >= 11 is 6.22. The third kappa shape index (κ3) is 8.95. The number of aromatic amines is 1. The Bertz CT molecular complexity index is 2320. The molecule has 8 rings (SSSR count). The summed E-state index contributed by atoms with van der Waals surface area (Å²) in [6.07, 6.45) is 6.80. The van der Waals surface area contributed by atoms with Gasteiger partial charge in [0.15, 0.2) is 0 Å². The fourth-order valence-electron chi connectivity index (χ4n) is 8.75. The maximum absolute atomic E-state index is 13.9. The molecule has 6 amide bonds. The Hall–Kier alpha value is -5.91. The van der Waals surface area contributed by atoms with Crippen LogP contribution in [0.5, 0.6) is 0 Å². The van der Waals surface area contributed by atoms with Gasteiger partial charge in [-0.25, -0.2) is 9.97 Å². The second kappa shape index (κ2) is 18.0. The highest BCUT2D eigenvalue weighted by Gasteiger charge is 2.46. The molecule has 0 spiro atoms. The zero-order chi connectivity index (χ0) is 42.7. The van der Waals surface area contributed by atoms with Crippen molar-refractivity contribution in [3.63, 3.8) is 0 Å². The number of fused-ring (bicyclic) bond motifs is 2. The molecule has 0 bridgehead atoms. The Balaban J connectivity index is 0.779. The minimum absolute atomic E-state index is 0.0536. The second-order valence-electron chi connectivity index (χ2n) is 16.2. The van der Waals surface area contributed by atoms with Crippen molar-refractivity contribution in [1.29, 1.82) is 0 Å². The highest BCUT2D eigenvalue weighted by atomic mass is 35.5. The largest absolute Gasteiger partial charge is 0.384 e. The molecule has 4 aliphatic rings. The number of rotatable bonds is 14. The van der Waals surface area contributed by atoms with E-state index in [1.54, 1.807) is 24.5 Å². The number of carbonyl (C=O) groups is 6. The van der Waals surface area contributed by atoms with Crippen molar-refractivity contribution in [2.45, 2.75) is 69.0 Å². The van der Waals surface area contributed by atoms with E-state index in [4.69, 9.17) is 17.3 Å². The predicted molar refractivity (Wildman–Crippen MR) is 228 cm³/mol. The lowest BCUT2D eigenvalue weighted by Gasteiger charge is -2.39. The molecule has 4 aromatic rings. The lowest BCUT2D eigenvalue weighted by Crippen LogP contribution is -2.60. The van der Waals surface area contributed by atoms with Crippen LogP contribution in [-0.2, 0) is 19.2 Å². The number of hydrogen-bond donors (Lipinski definition) is 5. The molecule has 18 heteroatoms. The molecule has 2 atom stereocenters. The summed E-state index contributed by atoms with van der Waals surface area (Å²) in [7, 11) is 0. The van der Waals surface area contributed by atoms with Gasteiger partial charge in [-0.2, -0.15) is 0 Å². The number of piperazine rings is 1. The van der Waals surface area contributed by atoms with Crippen molar-refractivity contribution in [1.82, 2.24) is 40.3 Å². The third-order valence-electron chi connectivity index (χ3n) is 12.4. The quantitative estimate of drug-likeness (QED) is 0.0914. The smallest absolute Gasteiger partial charge is 0.264 e. The van der Waals surface area contributed by atoms with E-state index >= 15 is 0 Å². The average molecular weight is 852 g/mol. The Morgan fingerprint density at radius 1 is 0.934 bits per heavy atom. The van der Waals surface area contributed by atoms with E-state index in [-0.39, 0.29) is 41.8 Å². The molecule has 61 heavy (non-hydrogen) atoms. The van der Waals surface area contributed by atoms with E-state index in [9.17, 15) is 28.8 Å². The fraction of sp³-hybridized carbons (Fsp3) is 0.442. The van der Waals surface area contributed by atoms with Crippen molar-refractivity contribution >= 4 is 69.6 Å². The molecule has 320 valence electrons. The first-order chi connectivity index (χ1) is 29.5. The van der Waals surface area contributed by atoms with E-state index in [0.717, 1.165) is 33.9 Å². The number of unbranched alkanes of at least 4 members (excludes halogenated alkanes) is 1. The van der Waals surface area contributed by atoms with Crippen LogP contribution in [0.2, 0.25) is 5.02 Å². The van der Waals surface area contributed by atoms with E-state index in [1.165, 1.54) is 0 Å². The number of H-pyrrole nitrogens is 1. The predicted octanol–water partition coefficient (Wildman–Crippen LogP) is 2.98. The van der Waals surface area contributed by atoms with Crippen LogP contribution in [0.25, 0.3) is 11.0 Å². The lowest BCUT2D eigenvalue weighted by atomic mass is 9.87. The van der Waals surface area contributed by atoms with Gasteiger partial charge >= 0.3 is 0 Å². The van der Waals surface area contributed by atoms with E-state index in [0.29, 0.717) is 95.0 Å². The van der Waals surface area contributed by atoms with Gasteiger partial charge in [-0.05, 0) is 74.4 Å². The molecular formula is C43H50ClN11O6. The van der Waals surface area contributed by atoms with E-state index in [1.807, 2.05) is 41.4 Å². The maximum Gasteiger partial charge on any atom is 0.264 e. The molecule has 0 saturated carbocycles. The Kier molecular flexibility index (Phi) is 12.3. The Labute approximate surface area is 357 Å². The first-order valence-electron chi connectivity index (χ1n) is 21.0. The molecule has 4 aliphatic heterocycles. The number of carbonyl (C=O) groups excluding carboxylic acids is 6. The molecular weight excluding hydrogens is 802 g/mol. The summed E-state index contributed by atoms with van der Waals surface area (Å²) in [4.78, 5) is 96.9. The van der Waals surface area contributed by atoms with Gasteiger partial charge in [-0.15, -0.1) is 0 Å². The molecule has 0 aliphatic carbocycles. The molecule has 2 aromatic heterocycles. The number of amides is 6. The van der Waals surface area contributed by atoms with Crippen molar-refractivity contribution in [3.05, 3.63) is 82.8 Å². The SMILES string of the molecule is NC1(C(=O)N[C@@H](CCN2CCN(C(=O)CCCCNc3cccc4c3C(=O)N(C3CCC(=O)NC3=O)C4=O)CC2)c2ccc(Cl)cc2)CCN(c2ncnc3[nH]ccc23)CC1. The Morgan fingerprint density at radius 3 is 2.46 bits per heavy atom. The third-order valence-corrected chi connectivity index (χ3v) is 12.6. The van der Waals surface area contributed by atoms with E-state index < -0.39 is 35.2 Å². The van der Waals surface area contributed by atoms with Crippen LogP contribution < -0.4 is 26.6 Å². The van der Waals surface area contributed by atoms with Gasteiger partial charge in [0.1, 0.15) is 23.8 Å². The summed E-state index contributed by atoms with van der Waals surface area (Å²) < 4.78 is 0. The van der Waals surface area contributed by atoms with Gasteiger partial charge in [0, 0.05) is 82.1 Å². The second-order valence-corrected chi connectivity index (χ2v) is 16.7. The van der Waals surface area contributed by atoms with Crippen LogP contribution in [0.15, 0.2) is 61.1 Å².